The van der Waals surface area contributed by atoms with Gasteiger partial charge in [0.2, 0.25) is 0 Å². The predicted octanol–water partition coefficient (Wildman–Crippen LogP) is 1.79. The van der Waals surface area contributed by atoms with E-state index in [1.165, 1.54) is 19.3 Å². The lowest BCUT2D eigenvalue weighted by Gasteiger charge is -2.49. The maximum Gasteiger partial charge on any atom is 0.0589 e. The molecule has 0 heterocycles. The molecule has 0 aromatic rings. The summed E-state index contributed by atoms with van der Waals surface area (Å²) >= 11 is 0. The van der Waals surface area contributed by atoms with Gasteiger partial charge in [-0.25, -0.2) is 0 Å². The fraction of sp³-hybridized carbons (Fsp3) is 1.00. The van der Waals surface area contributed by atoms with E-state index < -0.39 is 0 Å². The minimum Gasteiger partial charge on any atom is -0.381 e. The molecule has 1 saturated carbocycles. The van der Waals surface area contributed by atoms with Gasteiger partial charge in [-0.1, -0.05) is 13.8 Å². The monoisotopic (exact) mass is 285 g/mol. The van der Waals surface area contributed by atoms with E-state index in [1.54, 1.807) is 0 Å². The molecule has 120 valence electrons. The minimum absolute atomic E-state index is 0.138. The number of nitrogens with zero attached hydrogens (tertiary/aromatic N) is 2. The minimum atomic E-state index is 0.138. The quantitative estimate of drug-likeness (QED) is 0.738. The van der Waals surface area contributed by atoms with Crippen LogP contribution in [0.25, 0.3) is 0 Å². The maximum absolute atomic E-state index is 6.23. The Balaban J connectivity index is 2.81. The average molecular weight is 285 g/mol. The van der Waals surface area contributed by atoms with Gasteiger partial charge >= 0.3 is 0 Å². The van der Waals surface area contributed by atoms with Crippen LogP contribution in [-0.4, -0.2) is 68.8 Å². The summed E-state index contributed by atoms with van der Waals surface area (Å²) in [5.74, 6) is 0.670. The highest BCUT2D eigenvalue weighted by Crippen LogP contribution is 2.34. The van der Waals surface area contributed by atoms with E-state index in [-0.39, 0.29) is 5.54 Å². The Kier molecular flexibility index (Phi) is 7.45. The molecule has 0 bridgehead atoms. The maximum atomic E-state index is 6.23. The molecule has 2 atom stereocenters. The second kappa shape index (κ2) is 8.32. The molecule has 0 saturated heterocycles. The van der Waals surface area contributed by atoms with Gasteiger partial charge in [-0.3, -0.25) is 4.90 Å². The van der Waals surface area contributed by atoms with Gasteiger partial charge in [0, 0.05) is 38.8 Å². The third-order valence-corrected chi connectivity index (χ3v) is 4.56. The number of methoxy groups -OCH3 is 1. The van der Waals surface area contributed by atoms with Crippen LogP contribution in [-0.2, 0) is 4.74 Å². The van der Waals surface area contributed by atoms with Gasteiger partial charge in [-0.15, -0.1) is 0 Å². The number of hydrogen-bond donors (Lipinski definition) is 1. The second-order valence-corrected chi connectivity index (χ2v) is 7.03. The van der Waals surface area contributed by atoms with E-state index >= 15 is 0 Å². The molecule has 4 heteroatoms. The van der Waals surface area contributed by atoms with E-state index in [9.17, 15) is 0 Å². The van der Waals surface area contributed by atoms with Crippen molar-refractivity contribution in [2.75, 3.05) is 47.4 Å². The highest BCUT2D eigenvalue weighted by atomic mass is 16.5. The van der Waals surface area contributed by atoms with Gasteiger partial charge in [-0.2, -0.15) is 0 Å². The van der Waals surface area contributed by atoms with Crippen molar-refractivity contribution in [1.29, 1.82) is 0 Å². The number of likely N-dealkylation sites (N-methyl/N-ethyl adjacent to an activating group) is 1. The molecule has 0 aromatic carbocycles. The molecule has 1 aliphatic carbocycles. The fourth-order valence-corrected chi connectivity index (χ4v) is 3.37. The van der Waals surface area contributed by atoms with E-state index in [1.807, 2.05) is 7.11 Å². The summed E-state index contributed by atoms with van der Waals surface area (Å²) < 4.78 is 5.64. The Labute approximate surface area is 125 Å². The molecule has 0 aliphatic heterocycles. The van der Waals surface area contributed by atoms with Gasteiger partial charge in [0.15, 0.2) is 0 Å². The van der Waals surface area contributed by atoms with Crippen molar-refractivity contribution < 1.29 is 4.74 Å². The lowest BCUT2D eigenvalue weighted by molar-refractivity contribution is -0.0280. The number of rotatable bonds is 8. The summed E-state index contributed by atoms with van der Waals surface area (Å²) in [7, 11) is 6.12. The van der Waals surface area contributed by atoms with E-state index in [2.05, 4.69) is 37.7 Å². The predicted molar refractivity (Wildman–Crippen MR) is 86.0 cm³/mol. The molecule has 1 fully saturated rings. The summed E-state index contributed by atoms with van der Waals surface area (Å²) in [6.45, 7) is 8.65. The van der Waals surface area contributed by atoms with Crippen LogP contribution in [0, 0.1) is 5.92 Å². The summed E-state index contributed by atoms with van der Waals surface area (Å²) in [6, 6.07) is 0. The van der Waals surface area contributed by atoms with Gasteiger partial charge in [-0.05, 0) is 45.7 Å². The van der Waals surface area contributed by atoms with Gasteiger partial charge in [0.05, 0.1) is 6.10 Å². The van der Waals surface area contributed by atoms with Crippen molar-refractivity contribution in [2.45, 2.75) is 51.2 Å². The molecule has 2 N–H and O–H groups in total. The number of hydrogen-bond acceptors (Lipinski definition) is 4. The zero-order valence-electron chi connectivity index (χ0n) is 14.2. The Morgan fingerprint density at radius 2 is 2.00 bits per heavy atom. The summed E-state index contributed by atoms with van der Waals surface area (Å²) in [5.41, 5.74) is 6.37. The first kappa shape index (κ1) is 17.9. The highest BCUT2D eigenvalue weighted by molar-refractivity contribution is 4.97. The van der Waals surface area contributed by atoms with Crippen molar-refractivity contribution in [1.82, 2.24) is 9.80 Å². The molecule has 0 spiro atoms. The number of ether oxygens (including phenoxy) is 1. The Morgan fingerprint density at radius 3 is 2.50 bits per heavy atom. The summed E-state index contributed by atoms with van der Waals surface area (Å²) in [5, 5.41) is 0. The lowest BCUT2D eigenvalue weighted by Crippen LogP contribution is -2.59. The SMILES string of the molecule is COC1CCCC(CN)(N(CCN(C)C)CC(C)C)C1. The van der Waals surface area contributed by atoms with Gasteiger partial charge in [0.1, 0.15) is 0 Å². The highest BCUT2D eigenvalue weighted by Gasteiger charge is 2.40. The average Bonchev–Trinajstić information content (AvgIpc) is 2.42. The number of nitrogens with two attached hydrogens (primary N) is 1. The normalized spacial score (nSPS) is 27.8. The zero-order chi connectivity index (χ0) is 15.2. The largest absolute Gasteiger partial charge is 0.381 e. The van der Waals surface area contributed by atoms with Crippen LogP contribution in [0.4, 0.5) is 0 Å². The van der Waals surface area contributed by atoms with Crippen molar-refractivity contribution in [3.8, 4) is 0 Å². The summed E-state index contributed by atoms with van der Waals surface area (Å²) in [4.78, 5) is 4.90. The van der Waals surface area contributed by atoms with Crippen LogP contribution in [0.3, 0.4) is 0 Å². The molecule has 20 heavy (non-hydrogen) atoms. The summed E-state index contributed by atoms with van der Waals surface area (Å²) in [6.07, 6.45) is 5.08. The molecule has 0 aromatic heterocycles. The zero-order valence-corrected chi connectivity index (χ0v) is 14.2. The smallest absolute Gasteiger partial charge is 0.0589 e. The van der Waals surface area contributed by atoms with Crippen LogP contribution in [0.15, 0.2) is 0 Å². The van der Waals surface area contributed by atoms with Crippen molar-refractivity contribution in [3.63, 3.8) is 0 Å². The van der Waals surface area contributed by atoms with Crippen LogP contribution >= 0.6 is 0 Å². The molecule has 1 aliphatic rings. The van der Waals surface area contributed by atoms with Crippen LogP contribution in [0.2, 0.25) is 0 Å². The molecule has 0 radical (unpaired) electrons. The molecule has 2 unspecified atom stereocenters. The van der Waals surface area contributed by atoms with Crippen molar-refractivity contribution in [3.05, 3.63) is 0 Å². The fourth-order valence-electron chi connectivity index (χ4n) is 3.37. The van der Waals surface area contributed by atoms with E-state index in [0.29, 0.717) is 12.0 Å². The van der Waals surface area contributed by atoms with E-state index in [4.69, 9.17) is 10.5 Å². The molecule has 1 rings (SSSR count). The van der Waals surface area contributed by atoms with Crippen LogP contribution in [0.5, 0.6) is 0 Å². The van der Waals surface area contributed by atoms with Crippen molar-refractivity contribution >= 4 is 0 Å². The van der Waals surface area contributed by atoms with Gasteiger partial charge in [0.25, 0.3) is 0 Å². The van der Waals surface area contributed by atoms with Crippen LogP contribution in [0.1, 0.15) is 39.5 Å². The first-order valence-electron chi connectivity index (χ1n) is 8.06. The standard InChI is InChI=1S/C16H35N3O/c1-14(2)12-19(10-9-18(3)4)16(13-17)8-6-7-15(11-16)20-5/h14-15H,6-13,17H2,1-5H3. The Bertz CT molecular complexity index is 270. The lowest BCUT2D eigenvalue weighted by atomic mass is 9.78. The third kappa shape index (κ3) is 4.99. The third-order valence-electron chi connectivity index (χ3n) is 4.56. The molecular weight excluding hydrogens is 250 g/mol. The first-order valence-corrected chi connectivity index (χ1v) is 8.06. The molecule has 0 amide bonds. The molecular formula is C16H35N3O. The van der Waals surface area contributed by atoms with Crippen LogP contribution < -0.4 is 5.73 Å². The molecule has 4 nitrogen and oxygen atoms in total. The van der Waals surface area contributed by atoms with E-state index in [0.717, 1.165) is 32.6 Å². The van der Waals surface area contributed by atoms with Crippen molar-refractivity contribution in [2.24, 2.45) is 11.7 Å². The first-order chi connectivity index (χ1) is 9.43. The second-order valence-electron chi connectivity index (χ2n) is 7.03. The Morgan fingerprint density at radius 1 is 1.30 bits per heavy atom. The Hall–Kier alpha value is -0.160. The van der Waals surface area contributed by atoms with Gasteiger partial charge < -0.3 is 15.4 Å². The topological polar surface area (TPSA) is 41.7 Å².